The molecule has 0 aliphatic carbocycles. The van der Waals surface area contributed by atoms with Gasteiger partial charge in [0.25, 0.3) is 0 Å². The molecule has 0 saturated carbocycles. The van der Waals surface area contributed by atoms with Crippen molar-refractivity contribution < 1.29 is 4.42 Å². The van der Waals surface area contributed by atoms with Crippen molar-refractivity contribution in [3.8, 4) is 11.6 Å². The molecule has 3 aromatic heterocycles. The molecule has 0 radical (unpaired) electrons. The maximum absolute atomic E-state index is 5.75. The van der Waals surface area contributed by atoms with E-state index in [4.69, 9.17) is 4.42 Å². The van der Waals surface area contributed by atoms with Gasteiger partial charge in [-0.3, -0.25) is 0 Å². The van der Waals surface area contributed by atoms with Crippen LogP contribution in [0.5, 0.6) is 0 Å². The molecule has 0 aliphatic heterocycles. The molecule has 0 spiro atoms. The van der Waals surface area contributed by atoms with Crippen LogP contribution >= 0.6 is 23.1 Å². The minimum atomic E-state index is 0.536. The van der Waals surface area contributed by atoms with Gasteiger partial charge in [-0.2, -0.15) is 0 Å². The smallest absolute Gasteiger partial charge is 0.247 e. The molecule has 100 valence electrons. The monoisotopic (exact) mass is 302 g/mol. The predicted molar refractivity (Wildman–Crippen MR) is 80.4 cm³/mol. The van der Waals surface area contributed by atoms with Crippen LogP contribution in [0.3, 0.4) is 0 Å². The van der Waals surface area contributed by atoms with E-state index in [0.717, 1.165) is 26.0 Å². The summed E-state index contributed by atoms with van der Waals surface area (Å²) in [5, 5.41) is 4.41. The summed E-state index contributed by atoms with van der Waals surface area (Å²) in [7, 11) is 0. The van der Waals surface area contributed by atoms with Crippen molar-refractivity contribution in [3.63, 3.8) is 0 Å². The number of aryl methyl sites for hydroxylation is 1. The normalized spacial score (nSPS) is 11.7. The fourth-order valence-corrected chi connectivity index (χ4v) is 3.36. The molecule has 5 nitrogen and oxygen atoms in total. The molecule has 7 heteroatoms. The third-order valence-corrected chi connectivity index (χ3v) is 4.86. The van der Waals surface area contributed by atoms with E-state index in [1.165, 1.54) is 0 Å². The van der Waals surface area contributed by atoms with Gasteiger partial charge in [0.2, 0.25) is 10.9 Å². The van der Waals surface area contributed by atoms with Crippen LogP contribution in [0.4, 0.5) is 0 Å². The number of benzene rings is 1. The van der Waals surface area contributed by atoms with Gasteiger partial charge < -0.3 is 4.42 Å². The van der Waals surface area contributed by atoms with Gasteiger partial charge in [-0.1, -0.05) is 29.2 Å². The molecular formula is C13H10N4OS2. The molecule has 0 aliphatic rings. The number of fused-ring (bicyclic) bond motifs is 2. The molecule has 0 amide bonds. The van der Waals surface area contributed by atoms with Crippen LogP contribution in [0, 0.1) is 6.92 Å². The summed E-state index contributed by atoms with van der Waals surface area (Å²) in [4.78, 5) is 9.86. The highest BCUT2D eigenvalue weighted by molar-refractivity contribution is 8.00. The van der Waals surface area contributed by atoms with Crippen LogP contribution in [0.2, 0.25) is 0 Å². The standard InChI is InChI=1S/C13H10N4OS2/c1-7-3-4-10-8(5-7)14-11(18-10)9-6-17-12(15-9)20-13(16-17)19-2/h3-6H,1-2H3. The minimum Gasteiger partial charge on any atom is -0.435 e. The van der Waals surface area contributed by atoms with Gasteiger partial charge in [0.15, 0.2) is 9.92 Å². The summed E-state index contributed by atoms with van der Waals surface area (Å²) in [6, 6.07) is 5.95. The van der Waals surface area contributed by atoms with E-state index >= 15 is 0 Å². The summed E-state index contributed by atoms with van der Waals surface area (Å²) in [5.74, 6) is 0.536. The number of oxazole rings is 1. The first-order chi connectivity index (χ1) is 9.72. The highest BCUT2D eigenvalue weighted by atomic mass is 32.2. The van der Waals surface area contributed by atoms with Crippen molar-refractivity contribution in [1.82, 2.24) is 19.6 Å². The number of hydrogen-bond donors (Lipinski definition) is 0. The molecule has 0 bridgehead atoms. The van der Waals surface area contributed by atoms with E-state index in [2.05, 4.69) is 15.1 Å². The Morgan fingerprint density at radius 3 is 3.00 bits per heavy atom. The summed E-state index contributed by atoms with van der Waals surface area (Å²) in [5.41, 5.74) is 3.51. The van der Waals surface area contributed by atoms with Gasteiger partial charge >= 0.3 is 0 Å². The number of nitrogens with zero attached hydrogens (tertiary/aromatic N) is 4. The zero-order valence-corrected chi connectivity index (χ0v) is 12.5. The van der Waals surface area contributed by atoms with Gasteiger partial charge in [0.1, 0.15) is 11.2 Å². The average molecular weight is 302 g/mol. The Bertz CT molecular complexity index is 890. The summed E-state index contributed by atoms with van der Waals surface area (Å²) in [6.07, 6.45) is 3.85. The molecule has 4 aromatic rings. The van der Waals surface area contributed by atoms with Gasteiger partial charge in [-0.15, -0.1) is 5.10 Å². The lowest BCUT2D eigenvalue weighted by Crippen LogP contribution is -1.80. The minimum absolute atomic E-state index is 0.536. The second-order valence-electron chi connectivity index (χ2n) is 4.42. The van der Waals surface area contributed by atoms with Gasteiger partial charge in [0, 0.05) is 0 Å². The lowest BCUT2D eigenvalue weighted by molar-refractivity contribution is 0.617. The molecular weight excluding hydrogens is 292 g/mol. The summed E-state index contributed by atoms with van der Waals surface area (Å²) < 4.78 is 8.51. The molecule has 4 rings (SSSR count). The third-order valence-electron chi connectivity index (χ3n) is 2.96. The Hall–Kier alpha value is -1.86. The lowest BCUT2D eigenvalue weighted by atomic mass is 10.2. The molecule has 3 heterocycles. The van der Waals surface area contributed by atoms with Crippen molar-refractivity contribution in [2.24, 2.45) is 0 Å². The third kappa shape index (κ3) is 1.82. The second-order valence-corrected chi connectivity index (χ2v) is 6.42. The Kier molecular flexibility index (Phi) is 2.58. The van der Waals surface area contributed by atoms with Crippen LogP contribution in [-0.2, 0) is 0 Å². The quantitative estimate of drug-likeness (QED) is 0.529. The second kappa shape index (κ2) is 4.32. The van der Waals surface area contributed by atoms with E-state index in [1.807, 2.05) is 37.6 Å². The van der Waals surface area contributed by atoms with Crippen molar-refractivity contribution in [1.29, 1.82) is 0 Å². The number of imidazole rings is 1. The number of rotatable bonds is 2. The molecule has 0 fully saturated rings. The highest BCUT2D eigenvalue weighted by Gasteiger charge is 2.14. The fraction of sp³-hybridized carbons (Fsp3) is 0.154. The van der Waals surface area contributed by atoms with E-state index in [1.54, 1.807) is 27.6 Å². The van der Waals surface area contributed by atoms with E-state index in [9.17, 15) is 0 Å². The Balaban J connectivity index is 1.84. The first-order valence-corrected chi connectivity index (χ1v) is 8.05. The predicted octanol–water partition coefficient (Wildman–Crippen LogP) is 3.63. The van der Waals surface area contributed by atoms with Crippen molar-refractivity contribution in [2.45, 2.75) is 11.3 Å². The molecule has 20 heavy (non-hydrogen) atoms. The zero-order valence-electron chi connectivity index (χ0n) is 10.8. The summed E-state index contributed by atoms with van der Waals surface area (Å²) in [6.45, 7) is 2.04. The molecule has 0 N–H and O–H groups in total. The van der Waals surface area contributed by atoms with Gasteiger partial charge in [-0.05, 0) is 30.9 Å². The fourth-order valence-electron chi connectivity index (χ4n) is 2.01. The van der Waals surface area contributed by atoms with Crippen molar-refractivity contribution >= 4 is 39.2 Å². The van der Waals surface area contributed by atoms with Crippen molar-refractivity contribution in [3.05, 3.63) is 30.0 Å². The van der Waals surface area contributed by atoms with E-state index in [0.29, 0.717) is 11.6 Å². The Labute approximate surface area is 122 Å². The SMILES string of the molecule is CSc1nn2cc(-c3nc4cc(C)ccc4o3)nc2s1. The first-order valence-electron chi connectivity index (χ1n) is 6.01. The van der Waals surface area contributed by atoms with Crippen LogP contribution < -0.4 is 0 Å². The number of aromatic nitrogens is 4. The van der Waals surface area contributed by atoms with Crippen LogP contribution in [0.1, 0.15) is 5.56 Å². The highest BCUT2D eigenvalue weighted by Crippen LogP contribution is 2.27. The van der Waals surface area contributed by atoms with Crippen molar-refractivity contribution in [2.75, 3.05) is 6.26 Å². The number of hydrogen-bond acceptors (Lipinski definition) is 6. The average Bonchev–Trinajstić information content (AvgIpc) is 3.08. The molecule has 0 saturated heterocycles. The van der Waals surface area contributed by atoms with Crippen LogP contribution in [-0.4, -0.2) is 25.8 Å². The molecule has 1 aromatic carbocycles. The largest absolute Gasteiger partial charge is 0.435 e. The maximum Gasteiger partial charge on any atom is 0.247 e. The van der Waals surface area contributed by atoms with Gasteiger partial charge in [-0.25, -0.2) is 14.5 Å². The van der Waals surface area contributed by atoms with Crippen LogP contribution in [0.25, 0.3) is 27.6 Å². The Morgan fingerprint density at radius 1 is 1.30 bits per heavy atom. The Morgan fingerprint density at radius 2 is 2.20 bits per heavy atom. The zero-order chi connectivity index (χ0) is 13.7. The molecule has 0 atom stereocenters. The first kappa shape index (κ1) is 11.9. The number of thioether (sulfide) groups is 1. The van der Waals surface area contributed by atoms with E-state index < -0.39 is 0 Å². The van der Waals surface area contributed by atoms with Crippen LogP contribution in [0.15, 0.2) is 33.2 Å². The van der Waals surface area contributed by atoms with E-state index in [-0.39, 0.29) is 0 Å². The van der Waals surface area contributed by atoms with Gasteiger partial charge in [0.05, 0.1) is 6.20 Å². The topological polar surface area (TPSA) is 56.2 Å². The maximum atomic E-state index is 5.75. The summed E-state index contributed by atoms with van der Waals surface area (Å²) >= 11 is 3.17. The molecule has 0 unspecified atom stereocenters. The lowest BCUT2D eigenvalue weighted by Gasteiger charge is -1.87.